The number of hydrogen-bond acceptors (Lipinski definition) is 3. The molecule has 0 saturated carbocycles. The van der Waals surface area contributed by atoms with Crippen molar-refractivity contribution in [2.24, 2.45) is 0 Å². The average Bonchev–Trinajstić information content (AvgIpc) is 2.17. The number of nitrogens with one attached hydrogen (secondary N) is 1. The highest BCUT2D eigenvalue weighted by atomic mass is 19.3. The Labute approximate surface area is 102 Å². The van der Waals surface area contributed by atoms with Crippen LogP contribution in [0, 0.1) is 5.82 Å². The minimum atomic E-state index is -3.05. The van der Waals surface area contributed by atoms with E-state index in [0.29, 0.717) is 0 Å². The third-order valence-corrected chi connectivity index (χ3v) is 1.76. The second-order valence-electron chi connectivity index (χ2n) is 4.49. The van der Waals surface area contributed by atoms with Crippen LogP contribution >= 0.6 is 0 Å². The molecule has 1 N–H and O–H groups in total. The highest BCUT2D eigenvalue weighted by molar-refractivity contribution is 5.85. The summed E-state index contributed by atoms with van der Waals surface area (Å²) in [6, 6.07) is 1.07. The molecule has 0 atom stereocenters. The summed E-state index contributed by atoms with van der Waals surface area (Å²) in [6.45, 7) is 4.88. The van der Waals surface area contributed by atoms with Crippen LogP contribution in [0.1, 0.15) is 32.9 Å². The van der Waals surface area contributed by atoms with Crippen molar-refractivity contribution in [3.8, 4) is 0 Å². The lowest BCUT2D eigenvalue weighted by Crippen LogP contribution is -2.27. The number of anilines is 1. The Bertz CT molecular complexity index is 444. The van der Waals surface area contributed by atoms with Crippen LogP contribution in [-0.4, -0.2) is 16.7 Å². The molecule has 0 radical (unpaired) electrons. The van der Waals surface area contributed by atoms with Gasteiger partial charge in [0.25, 0.3) is 6.43 Å². The van der Waals surface area contributed by atoms with Crippen molar-refractivity contribution in [1.82, 2.24) is 4.98 Å². The molecule has 0 aromatic carbocycles. The number of pyridine rings is 1. The monoisotopic (exact) mass is 262 g/mol. The van der Waals surface area contributed by atoms with Crippen molar-refractivity contribution in [2.45, 2.75) is 32.8 Å². The molecule has 0 aliphatic carbocycles. The molecular weight excluding hydrogens is 249 g/mol. The third kappa shape index (κ3) is 3.90. The molecule has 0 aliphatic rings. The lowest BCUT2D eigenvalue weighted by molar-refractivity contribution is 0.0634. The fourth-order valence-electron chi connectivity index (χ4n) is 1.12. The van der Waals surface area contributed by atoms with E-state index in [9.17, 15) is 18.0 Å². The van der Waals surface area contributed by atoms with Gasteiger partial charge in [-0.05, 0) is 26.8 Å². The molecule has 0 aliphatic heterocycles. The molecule has 1 amide bonds. The molecule has 0 fully saturated rings. The van der Waals surface area contributed by atoms with E-state index >= 15 is 0 Å². The van der Waals surface area contributed by atoms with Gasteiger partial charge in [-0.3, -0.25) is 10.3 Å². The molecule has 1 rings (SSSR count). The summed E-state index contributed by atoms with van der Waals surface area (Å²) >= 11 is 0. The lowest BCUT2D eigenvalue weighted by Gasteiger charge is -2.19. The molecule has 7 heteroatoms. The standard InChI is InChI=1S/C11H13F3N2O2/c1-11(2,3)18-10(17)16-6-4-5-15-8(7(6)12)9(13)14/h4-5,9H,1-3H3,(H,15,16,17). The Hall–Kier alpha value is -1.79. The molecule has 1 heterocycles. The van der Waals surface area contributed by atoms with E-state index in [4.69, 9.17) is 4.74 Å². The van der Waals surface area contributed by atoms with Gasteiger partial charge in [0.15, 0.2) is 5.82 Å². The van der Waals surface area contributed by atoms with Crippen molar-refractivity contribution in [1.29, 1.82) is 0 Å². The van der Waals surface area contributed by atoms with Gasteiger partial charge in [0.05, 0.1) is 5.69 Å². The smallest absolute Gasteiger partial charge is 0.412 e. The van der Waals surface area contributed by atoms with Gasteiger partial charge in [-0.15, -0.1) is 0 Å². The second kappa shape index (κ2) is 5.24. The maximum Gasteiger partial charge on any atom is 0.412 e. The summed E-state index contributed by atoms with van der Waals surface area (Å²) in [6.07, 6.45) is -2.99. The van der Waals surface area contributed by atoms with Crippen molar-refractivity contribution >= 4 is 11.8 Å². The molecule has 1 aromatic rings. The molecule has 18 heavy (non-hydrogen) atoms. The minimum Gasteiger partial charge on any atom is -0.444 e. The average molecular weight is 262 g/mol. The van der Waals surface area contributed by atoms with Crippen molar-refractivity contribution in [2.75, 3.05) is 5.32 Å². The Morgan fingerprint density at radius 3 is 2.56 bits per heavy atom. The number of halogens is 3. The molecule has 100 valence electrons. The van der Waals surface area contributed by atoms with E-state index in [-0.39, 0.29) is 0 Å². The van der Waals surface area contributed by atoms with Gasteiger partial charge in [0.2, 0.25) is 0 Å². The summed E-state index contributed by atoms with van der Waals surface area (Å²) in [5, 5.41) is 2.05. The number of aromatic nitrogens is 1. The van der Waals surface area contributed by atoms with Gasteiger partial charge >= 0.3 is 6.09 Å². The summed E-state index contributed by atoms with van der Waals surface area (Å²) < 4.78 is 43.1. The maximum atomic E-state index is 13.5. The molecule has 1 aromatic heterocycles. The highest BCUT2D eigenvalue weighted by Crippen LogP contribution is 2.24. The Morgan fingerprint density at radius 2 is 2.06 bits per heavy atom. The first kappa shape index (κ1) is 14.3. The van der Waals surface area contributed by atoms with Gasteiger partial charge < -0.3 is 4.74 Å². The maximum absolute atomic E-state index is 13.5. The van der Waals surface area contributed by atoms with Gasteiger partial charge in [-0.25, -0.2) is 18.0 Å². The SMILES string of the molecule is CC(C)(C)OC(=O)Nc1ccnc(C(F)F)c1F. The van der Waals surface area contributed by atoms with Crippen LogP contribution in [0.25, 0.3) is 0 Å². The number of amides is 1. The van der Waals surface area contributed by atoms with E-state index in [1.54, 1.807) is 20.8 Å². The molecule has 0 spiro atoms. The normalized spacial score (nSPS) is 11.5. The number of carbonyl (C=O) groups excluding carboxylic acids is 1. The van der Waals surface area contributed by atoms with Crippen LogP contribution in [0.3, 0.4) is 0 Å². The summed E-state index contributed by atoms with van der Waals surface area (Å²) in [5.41, 5.74) is -2.17. The topological polar surface area (TPSA) is 51.2 Å². The molecular formula is C11H13F3N2O2. The zero-order chi connectivity index (χ0) is 13.9. The Balaban J connectivity index is 2.86. The number of carbonyl (C=O) groups is 1. The quantitative estimate of drug-likeness (QED) is 0.887. The molecule has 0 unspecified atom stereocenters. The van der Waals surface area contributed by atoms with Gasteiger partial charge in [0, 0.05) is 6.20 Å². The summed E-state index contributed by atoms with van der Waals surface area (Å²) in [4.78, 5) is 14.6. The van der Waals surface area contributed by atoms with E-state index in [2.05, 4.69) is 10.3 Å². The summed E-state index contributed by atoms with van der Waals surface area (Å²) in [5.74, 6) is -1.27. The number of ether oxygens (including phenoxy) is 1. The van der Waals surface area contributed by atoms with Crippen molar-refractivity contribution < 1.29 is 22.7 Å². The Kier molecular flexibility index (Phi) is 4.15. The molecule has 4 nitrogen and oxygen atoms in total. The fourth-order valence-corrected chi connectivity index (χ4v) is 1.12. The lowest BCUT2D eigenvalue weighted by atomic mass is 10.2. The van der Waals surface area contributed by atoms with Crippen LogP contribution in [0.5, 0.6) is 0 Å². The van der Waals surface area contributed by atoms with E-state index < -0.39 is 35.3 Å². The first-order valence-electron chi connectivity index (χ1n) is 5.13. The fraction of sp³-hybridized carbons (Fsp3) is 0.455. The van der Waals surface area contributed by atoms with Crippen LogP contribution < -0.4 is 5.32 Å². The number of hydrogen-bond donors (Lipinski definition) is 1. The van der Waals surface area contributed by atoms with Crippen molar-refractivity contribution in [3.05, 3.63) is 23.8 Å². The predicted molar refractivity (Wildman–Crippen MR) is 59.0 cm³/mol. The van der Waals surface area contributed by atoms with E-state index in [1.807, 2.05) is 0 Å². The number of nitrogens with zero attached hydrogens (tertiary/aromatic N) is 1. The molecule has 0 bridgehead atoms. The zero-order valence-electron chi connectivity index (χ0n) is 10.1. The van der Waals surface area contributed by atoms with Crippen LogP contribution in [0.15, 0.2) is 12.3 Å². The van der Waals surface area contributed by atoms with E-state index in [0.717, 1.165) is 12.3 Å². The largest absolute Gasteiger partial charge is 0.444 e. The minimum absolute atomic E-state index is 0.394. The highest BCUT2D eigenvalue weighted by Gasteiger charge is 2.21. The first-order valence-corrected chi connectivity index (χ1v) is 5.13. The first-order chi connectivity index (χ1) is 8.20. The number of rotatable bonds is 2. The zero-order valence-corrected chi connectivity index (χ0v) is 10.1. The van der Waals surface area contributed by atoms with Gasteiger partial charge in [-0.2, -0.15) is 0 Å². The van der Waals surface area contributed by atoms with E-state index in [1.165, 1.54) is 0 Å². The van der Waals surface area contributed by atoms with Gasteiger partial charge in [-0.1, -0.05) is 0 Å². The third-order valence-electron chi connectivity index (χ3n) is 1.76. The second-order valence-corrected chi connectivity index (χ2v) is 4.49. The van der Waals surface area contributed by atoms with Crippen LogP contribution in [0.4, 0.5) is 23.7 Å². The van der Waals surface area contributed by atoms with Crippen molar-refractivity contribution in [3.63, 3.8) is 0 Å². The Morgan fingerprint density at radius 1 is 1.44 bits per heavy atom. The van der Waals surface area contributed by atoms with Crippen LogP contribution in [-0.2, 0) is 4.74 Å². The summed E-state index contributed by atoms with van der Waals surface area (Å²) in [7, 11) is 0. The molecule has 0 saturated heterocycles. The van der Waals surface area contributed by atoms with Gasteiger partial charge in [0.1, 0.15) is 11.3 Å². The number of alkyl halides is 2. The predicted octanol–water partition coefficient (Wildman–Crippen LogP) is 3.51. The van der Waals surface area contributed by atoms with Crippen LogP contribution in [0.2, 0.25) is 0 Å².